The SMILES string of the molecule is CCCC(=O)Nc1nc(C2CC2)c(C(=O)O)s1. The third-order valence-electron chi connectivity index (χ3n) is 2.54. The largest absolute Gasteiger partial charge is 0.477 e. The first-order valence-electron chi connectivity index (χ1n) is 5.65. The molecule has 0 saturated heterocycles. The second-order valence-corrected chi connectivity index (χ2v) is 5.11. The van der Waals surface area contributed by atoms with Gasteiger partial charge in [-0.1, -0.05) is 18.3 Å². The van der Waals surface area contributed by atoms with Crippen molar-refractivity contribution in [2.24, 2.45) is 0 Å². The maximum Gasteiger partial charge on any atom is 0.347 e. The number of hydrogen-bond acceptors (Lipinski definition) is 4. The van der Waals surface area contributed by atoms with Crippen LogP contribution in [0.25, 0.3) is 0 Å². The van der Waals surface area contributed by atoms with Crippen LogP contribution in [0.1, 0.15) is 53.9 Å². The van der Waals surface area contributed by atoms with Crippen LogP contribution in [0.4, 0.5) is 5.13 Å². The molecule has 0 atom stereocenters. The van der Waals surface area contributed by atoms with Gasteiger partial charge in [-0.05, 0) is 19.3 Å². The van der Waals surface area contributed by atoms with E-state index in [2.05, 4.69) is 10.3 Å². The highest BCUT2D eigenvalue weighted by Crippen LogP contribution is 2.43. The predicted molar refractivity (Wildman–Crippen MR) is 64.6 cm³/mol. The van der Waals surface area contributed by atoms with Crippen LogP contribution < -0.4 is 5.32 Å². The Morgan fingerprint density at radius 2 is 2.24 bits per heavy atom. The number of anilines is 1. The lowest BCUT2D eigenvalue weighted by molar-refractivity contribution is -0.116. The first-order chi connectivity index (χ1) is 8.11. The van der Waals surface area contributed by atoms with Crippen molar-refractivity contribution in [2.75, 3.05) is 5.32 Å². The lowest BCUT2D eigenvalue weighted by Gasteiger charge is -1.97. The van der Waals surface area contributed by atoms with Crippen LogP contribution in [0.5, 0.6) is 0 Å². The fraction of sp³-hybridized carbons (Fsp3) is 0.545. The Balaban J connectivity index is 2.15. The Morgan fingerprint density at radius 3 is 2.76 bits per heavy atom. The van der Waals surface area contributed by atoms with Gasteiger partial charge < -0.3 is 10.4 Å². The van der Waals surface area contributed by atoms with E-state index in [1.807, 2.05) is 6.92 Å². The normalized spacial score (nSPS) is 14.6. The zero-order valence-electron chi connectivity index (χ0n) is 9.52. The van der Waals surface area contributed by atoms with Crippen LogP contribution in [0.2, 0.25) is 0 Å². The number of carboxylic acids is 1. The molecule has 0 radical (unpaired) electrons. The minimum absolute atomic E-state index is 0.111. The summed E-state index contributed by atoms with van der Waals surface area (Å²) in [5.74, 6) is -0.796. The van der Waals surface area contributed by atoms with Crippen LogP contribution in [0.15, 0.2) is 0 Å². The summed E-state index contributed by atoms with van der Waals surface area (Å²) in [5.41, 5.74) is 0.634. The van der Waals surface area contributed by atoms with Gasteiger partial charge in [-0.3, -0.25) is 4.79 Å². The molecule has 0 unspecified atom stereocenters. The molecule has 1 aromatic heterocycles. The quantitative estimate of drug-likeness (QED) is 0.845. The van der Waals surface area contributed by atoms with Gasteiger partial charge in [0, 0.05) is 12.3 Å². The Morgan fingerprint density at radius 1 is 1.53 bits per heavy atom. The Bertz CT molecular complexity index is 452. The molecule has 0 bridgehead atoms. The second kappa shape index (κ2) is 4.83. The van der Waals surface area contributed by atoms with Gasteiger partial charge in [0.05, 0.1) is 5.69 Å². The van der Waals surface area contributed by atoms with E-state index in [1.54, 1.807) is 0 Å². The lowest BCUT2D eigenvalue weighted by atomic mass is 10.2. The van der Waals surface area contributed by atoms with Crippen LogP contribution in [-0.2, 0) is 4.79 Å². The molecule has 1 saturated carbocycles. The van der Waals surface area contributed by atoms with Gasteiger partial charge in [-0.15, -0.1) is 0 Å². The first kappa shape index (κ1) is 12.0. The van der Waals surface area contributed by atoms with E-state index in [9.17, 15) is 9.59 Å². The number of aromatic nitrogens is 1. The smallest absolute Gasteiger partial charge is 0.347 e. The summed E-state index contributed by atoms with van der Waals surface area (Å²) in [7, 11) is 0. The van der Waals surface area contributed by atoms with Crippen LogP contribution in [0, 0.1) is 0 Å². The van der Waals surface area contributed by atoms with Gasteiger partial charge in [0.2, 0.25) is 5.91 Å². The average molecular weight is 254 g/mol. The van der Waals surface area contributed by atoms with Gasteiger partial charge in [0.25, 0.3) is 0 Å². The number of carbonyl (C=O) groups is 2. The Labute approximate surface area is 103 Å². The molecule has 1 aliphatic carbocycles. The lowest BCUT2D eigenvalue weighted by Crippen LogP contribution is -2.10. The highest BCUT2D eigenvalue weighted by atomic mass is 32.1. The third-order valence-corrected chi connectivity index (χ3v) is 3.51. The van der Waals surface area contributed by atoms with E-state index >= 15 is 0 Å². The second-order valence-electron chi connectivity index (χ2n) is 4.11. The number of carbonyl (C=O) groups excluding carboxylic acids is 1. The first-order valence-corrected chi connectivity index (χ1v) is 6.47. The van der Waals surface area contributed by atoms with E-state index in [0.717, 1.165) is 30.6 Å². The molecule has 17 heavy (non-hydrogen) atoms. The van der Waals surface area contributed by atoms with Crippen LogP contribution in [0.3, 0.4) is 0 Å². The molecule has 6 heteroatoms. The van der Waals surface area contributed by atoms with Gasteiger partial charge in [0.1, 0.15) is 4.88 Å². The Hall–Kier alpha value is -1.43. The zero-order valence-corrected chi connectivity index (χ0v) is 10.3. The molecule has 1 aromatic rings. The van der Waals surface area contributed by atoms with Crippen LogP contribution >= 0.6 is 11.3 Å². The summed E-state index contributed by atoms with van der Waals surface area (Å²) in [6.07, 6.45) is 3.18. The van der Waals surface area contributed by atoms with Crippen molar-refractivity contribution in [3.8, 4) is 0 Å². The van der Waals surface area contributed by atoms with Gasteiger partial charge in [-0.2, -0.15) is 0 Å². The van der Waals surface area contributed by atoms with Crippen molar-refractivity contribution >= 4 is 28.3 Å². The Kier molecular flexibility index (Phi) is 3.42. The summed E-state index contributed by atoms with van der Waals surface area (Å²) in [4.78, 5) is 26.9. The molecule has 0 aromatic carbocycles. The molecule has 0 aliphatic heterocycles. The molecule has 1 heterocycles. The highest BCUT2D eigenvalue weighted by Gasteiger charge is 2.32. The molecule has 5 nitrogen and oxygen atoms in total. The fourth-order valence-corrected chi connectivity index (χ4v) is 2.49. The molecule has 0 spiro atoms. The van der Waals surface area contributed by atoms with Gasteiger partial charge in [-0.25, -0.2) is 9.78 Å². The number of carboxylic acid groups (broad SMARTS) is 1. The number of aromatic carboxylic acids is 1. The van der Waals surface area contributed by atoms with Crippen LogP contribution in [-0.4, -0.2) is 22.0 Å². The molecular formula is C11H14N2O3S. The zero-order chi connectivity index (χ0) is 12.4. The number of nitrogens with zero attached hydrogens (tertiary/aromatic N) is 1. The number of rotatable bonds is 5. The number of amides is 1. The van der Waals surface area contributed by atoms with E-state index in [0.29, 0.717) is 17.2 Å². The monoisotopic (exact) mass is 254 g/mol. The molecular weight excluding hydrogens is 240 g/mol. The summed E-state index contributed by atoms with van der Waals surface area (Å²) in [6.45, 7) is 1.92. The molecule has 1 fully saturated rings. The van der Waals surface area contributed by atoms with E-state index in [1.165, 1.54) is 0 Å². The van der Waals surface area contributed by atoms with Crippen molar-refractivity contribution in [1.82, 2.24) is 4.98 Å². The molecule has 2 N–H and O–H groups in total. The maximum atomic E-state index is 11.4. The van der Waals surface area contributed by atoms with Crippen molar-refractivity contribution in [1.29, 1.82) is 0 Å². The van der Waals surface area contributed by atoms with Crippen molar-refractivity contribution in [2.45, 2.75) is 38.5 Å². The van der Waals surface area contributed by atoms with Gasteiger partial charge in [0.15, 0.2) is 5.13 Å². The minimum atomic E-state index is -0.958. The summed E-state index contributed by atoms with van der Waals surface area (Å²) >= 11 is 1.05. The summed E-state index contributed by atoms with van der Waals surface area (Å²) in [5, 5.41) is 12.1. The van der Waals surface area contributed by atoms with E-state index in [-0.39, 0.29) is 16.7 Å². The maximum absolute atomic E-state index is 11.4. The highest BCUT2D eigenvalue weighted by molar-refractivity contribution is 7.17. The minimum Gasteiger partial charge on any atom is -0.477 e. The fourth-order valence-electron chi connectivity index (χ4n) is 1.58. The van der Waals surface area contributed by atoms with Gasteiger partial charge >= 0.3 is 5.97 Å². The van der Waals surface area contributed by atoms with Crippen molar-refractivity contribution < 1.29 is 14.7 Å². The van der Waals surface area contributed by atoms with E-state index < -0.39 is 5.97 Å². The molecule has 1 aliphatic rings. The molecule has 2 rings (SSSR count). The predicted octanol–water partition coefficient (Wildman–Crippen LogP) is 2.46. The molecule has 92 valence electrons. The number of nitrogens with one attached hydrogen (secondary N) is 1. The third kappa shape index (κ3) is 2.82. The standard InChI is InChI=1S/C11H14N2O3S/c1-2-3-7(14)12-11-13-8(6-4-5-6)9(17-11)10(15)16/h6H,2-5H2,1H3,(H,15,16)(H,12,13,14). The number of thiazole rings is 1. The topological polar surface area (TPSA) is 79.3 Å². The summed E-state index contributed by atoms with van der Waals surface area (Å²) in [6, 6.07) is 0. The summed E-state index contributed by atoms with van der Waals surface area (Å²) < 4.78 is 0. The number of hydrogen-bond donors (Lipinski definition) is 2. The van der Waals surface area contributed by atoms with Crippen molar-refractivity contribution in [3.05, 3.63) is 10.6 Å². The average Bonchev–Trinajstić information content (AvgIpc) is 3.01. The van der Waals surface area contributed by atoms with Crippen molar-refractivity contribution in [3.63, 3.8) is 0 Å². The molecule has 1 amide bonds. The van der Waals surface area contributed by atoms with E-state index in [4.69, 9.17) is 5.11 Å².